The second-order valence-electron chi connectivity index (χ2n) is 2.91. The molecule has 0 aromatic heterocycles. The van der Waals surface area contributed by atoms with Crippen LogP contribution in [0.15, 0.2) is 24.3 Å². The van der Waals surface area contributed by atoms with Gasteiger partial charge in [0, 0.05) is 20.8 Å². The highest BCUT2D eigenvalue weighted by Crippen LogP contribution is 2.21. The third kappa shape index (κ3) is 2.21. The van der Waals surface area contributed by atoms with Gasteiger partial charge in [0.1, 0.15) is 0 Å². The normalized spacial score (nSPS) is 29.2. The Hall–Kier alpha value is -0.570. The number of morpholine rings is 1. The molecule has 1 unspecified atom stereocenters. The van der Waals surface area contributed by atoms with E-state index >= 15 is 0 Å². The Bertz CT molecular complexity index is 349. The van der Waals surface area contributed by atoms with Crippen LogP contribution in [0.1, 0.15) is 14.4 Å². The Morgan fingerprint density at radius 2 is 2.54 bits per heavy atom. The molecule has 0 bridgehead atoms. The van der Waals surface area contributed by atoms with E-state index in [0.29, 0.717) is 11.6 Å². The van der Waals surface area contributed by atoms with Crippen LogP contribution in [-0.4, -0.2) is 19.6 Å². The molecule has 1 atom stereocenters. The highest BCUT2D eigenvalue weighted by atomic mass is 35.5. The van der Waals surface area contributed by atoms with E-state index in [1.54, 1.807) is 6.07 Å². The number of ether oxygens (including phenoxy) is 1. The molecule has 0 aliphatic carbocycles. The molecular weight excluding hydrogens is 186 g/mol. The Balaban J connectivity index is 2.08. The lowest BCUT2D eigenvalue weighted by atomic mass is 10.1. The fraction of sp³-hybridized carbons (Fsp3) is 0.400. The fourth-order valence-electron chi connectivity index (χ4n) is 1.34. The molecule has 13 heavy (non-hydrogen) atoms. The molecule has 1 aromatic rings. The number of nitrogens with one attached hydrogen (secondary N) is 1. The summed E-state index contributed by atoms with van der Waals surface area (Å²) in [4.78, 5) is 0. The number of hydrogen-bond donors (Lipinski definition) is 1. The zero-order chi connectivity index (χ0) is 10.9. The van der Waals surface area contributed by atoms with E-state index in [4.69, 9.17) is 19.1 Å². The average Bonchev–Trinajstić information content (AvgIpc) is 2.17. The van der Waals surface area contributed by atoms with Crippen LogP contribution in [0.25, 0.3) is 0 Å². The van der Waals surface area contributed by atoms with Gasteiger partial charge in [-0.05, 0) is 17.7 Å². The predicted molar refractivity (Wildman–Crippen MR) is 53.0 cm³/mol. The van der Waals surface area contributed by atoms with Gasteiger partial charge in [0.15, 0.2) is 0 Å². The molecule has 3 heteroatoms. The molecule has 1 saturated heterocycles. The molecule has 1 aromatic carbocycles. The summed E-state index contributed by atoms with van der Waals surface area (Å²) >= 11 is 5.87. The predicted octanol–water partition coefficient (Wildman–Crippen LogP) is 2.00. The van der Waals surface area contributed by atoms with Crippen LogP contribution in [0.2, 0.25) is 5.02 Å². The molecule has 0 amide bonds. The highest BCUT2D eigenvalue weighted by molar-refractivity contribution is 6.30. The largest absolute Gasteiger partial charge is 0.371 e. The van der Waals surface area contributed by atoms with Crippen LogP contribution in [0.5, 0.6) is 0 Å². The van der Waals surface area contributed by atoms with Crippen molar-refractivity contribution in [1.82, 2.24) is 5.32 Å². The van der Waals surface area contributed by atoms with Crippen LogP contribution in [0, 0.1) is 0 Å². The topological polar surface area (TPSA) is 21.3 Å². The third-order valence-electron chi connectivity index (χ3n) is 1.99. The van der Waals surface area contributed by atoms with E-state index in [2.05, 4.69) is 5.32 Å². The van der Waals surface area contributed by atoms with E-state index < -0.39 is 6.50 Å². The van der Waals surface area contributed by atoms with Gasteiger partial charge in [0.2, 0.25) is 0 Å². The molecule has 0 radical (unpaired) electrons. The Kier molecular flexibility index (Phi) is 2.15. The van der Waals surface area contributed by atoms with Crippen molar-refractivity contribution in [2.75, 3.05) is 19.6 Å². The van der Waals surface area contributed by atoms with Crippen molar-refractivity contribution in [3.05, 3.63) is 34.9 Å². The van der Waals surface area contributed by atoms with Gasteiger partial charge in [-0.1, -0.05) is 23.7 Å². The number of halogens is 1. The molecule has 1 N–H and O–H groups in total. The molecule has 0 saturated carbocycles. The third-order valence-corrected chi connectivity index (χ3v) is 2.22. The zero-order valence-corrected chi connectivity index (χ0v) is 7.84. The van der Waals surface area contributed by atoms with Gasteiger partial charge in [-0.2, -0.15) is 0 Å². The quantitative estimate of drug-likeness (QED) is 0.747. The van der Waals surface area contributed by atoms with Crippen LogP contribution in [0.3, 0.4) is 0 Å². The lowest BCUT2D eigenvalue weighted by Crippen LogP contribution is -2.33. The van der Waals surface area contributed by atoms with E-state index in [9.17, 15) is 0 Å². The van der Waals surface area contributed by atoms with Crippen molar-refractivity contribution >= 4 is 11.6 Å². The number of hydrogen-bond acceptors (Lipinski definition) is 2. The van der Waals surface area contributed by atoms with Gasteiger partial charge < -0.3 is 10.1 Å². The number of rotatable bonds is 1. The molecule has 2 nitrogen and oxygen atoms in total. The summed E-state index contributed by atoms with van der Waals surface area (Å²) in [6.07, 6.45) is -0.118. The van der Waals surface area contributed by atoms with Crippen LogP contribution < -0.4 is 5.32 Å². The summed E-state index contributed by atoms with van der Waals surface area (Å²) in [6, 6.07) is 7.44. The molecule has 0 spiro atoms. The Morgan fingerprint density at radius 1 is 1.62 bits per heavy atom. The smallest absolute Gasteiger partial charge is 0.0950 e. The van der Waals surface area contributed by atoms with Crippen LogP contribution >= 0.6 is 11.6 Å². The summed E-state index contributed by atoms with van der Waals surface area (Å²) in [5.41, 5.74) is 0.977. The van der Waals surface area contributed by atoms with Crippen molar-refractivity contribution in [2.45, 2.75) is 6.10 Å². The highest BCUT2D eigenvalue weighted by Gasteiger charge is 2.15. The monoisotopic (exact) mass is 199 g/mol. The lowest BCUT2D eigenvalue weighted by molar-refractivity contribution is 0.0277. The van der Waals surface area contributed by atoms with Crippen molar-refractivity contribution < 1.29 is 7.48 Å². The Morgan fingerprint density at radius 3 is 3.23 bits per heavy atom. The maximum absolute atomic E-state index is 7.43. The minimum absolute atomic E-state index is 0.0597. The summed E-state index contributed by atoms with van der Waals surface area (Å²) in [5, 5.41) is 3.46. The molecular formula is C10H12ClNO. The van der Waals surface area contributed by atoms with E-state index in [1.165, 1.54) is 0 Å². The minimum atomic E-state index is -1.42. The summed E-state index contributed by atoms with van der Waals surface area (Å²) in [5.74, 6) is 0. The van der Waals surface area contributed by atoms with Gasteiger partial charge in [-0.15, -0.1) is 0 Å². The van der Waals surface area contributed by atoms with Crippen LogP contribution in [0.4, 0.5) is 0 Å². The first kappa shape index (κ1) is 6.82. The molecule has 1 aliphatic rings. The molecule has 1 fully saturated rings. The van der Waals surface area contributed by atoms with E-state index in [0.717, 1.165) is 5.56 Å². The van der Waals surface area contributed by atoms with Crippen molar-refractivity contribution in [3.8, 4) is 0 Å². The minimum Gasteiger partial charge on any atom is -0.371 e. The van der Waals surface area contributed by atoms with Gasteiger partial charge in [-0.3, -0.25) is 0 Å². The first-order chi connectivity index (χ1) is 7.07. The standard InChI is InChI=1S/C10H12ClNO/c11-9-3-1-2-8(6-9)10-7-12-4-5-13-10/h1-3,6,10,12H,4-5,7H2/i4D2. The first-order valence-electron chi connectivity index (χ1n) is 5.19. The number of benzene rings is 1. The van der Waals surface area contributed by atoms with E-state index in [-0.39, 0.29) is 12.7 Å². The average molecular weight is 200 g/mol. The molecule has 2 rings (SSSR count). The second-order valence-corrected chi connectivity index (χ2v) is 3.35. The first-order valence-corrected chi connectivity index (χ1v) is 4.57. The fourth-order valence-corrected chi connectivity index (χ4v) is 1.54. The van der Waals surface area contributed by atoms with Crippen molar-refractivity contribution in [3.63, 3.8) is 0 Å². The summed E-state index contributed by atoms with van der Waals surface area (Å²) in [7, 11) is 0. The van der Waals surface area contributed by atoms with Gasteiger partial charge in [0.25, 0.3) is 0 Å². The van der Waals surface area contributed by atoms with Gasteiger partial charge >= 0.3 is 0 Å². The second kappa shape index (κ2) is 4.09. The van der Waals surface area contributed by atoms with Crippen molar-refractivity contribution in [1.29, 1.82) is 0 Å². The molecule has 70 valence electrons. The Labute approximate surface area is 85.7 Å². The SMILES string of the molecule is [2H]C1([2H])COC(c2cccc(Cl)c2)CN1. The molecule has 1 aliphatic heterocycles. The van der Waals surface area contributed by atoms with Gasteiger partial charge in [0.05, 0.1) is 12.7 Å². The van der Waals surface area contributed by atoms with E-state index in [1.807, 2.05) is 18.2 Å². The molecule has 1 heterocycles. The van der Waals surface area contributed by atoms with Crippen LogP contribution in [-0.2, 0) is 4.74 Å². The van der Waals surface area contributed by atoms with Crippen molar-refractivity contribution in [2.24, 2.45) is 0 Å². The summed E-state index contributed by atoms with van der Waals surface area (Å²) in [6.45, 7) is -0.896. The lowest BCUT2D eigenvalue weighted by Gasteiger charge is -2.23. The van der Waals surface area contributed by atoms with Gasteiger partial charge in [-0.25, -0.2) is 0 Å². The maximum Gasteiger partial charge on any atom is 0.0950 e. The summed E-state index contributed by atoms with van der Waals surface area (Å²) < 4.78 is 20.3. The maximum atomic E-state index is 7.43. The zero-order valence-electron chi connectivity index (χ0n) is 9.09.